The molecule has 1 saturated heterocycles. The normalized spacial score (nSPS) is 14.6. The fourth-order valence-electron chi connectivity index (χ4n) is 3.43. The summed E-state index contributed by atoms with van der Waals surface area (Å²) in [7, 11) is 1.68. The van der Waals surface area contributed by atoms with Crippen LogP contribution in [-0.2, 0) is 0 Å². The number of para-hydroxylation sites is 2. The maximum absolute atomic E-state index is 6.69. The number of aromatic amines is 1. The summed E-state index contributed by atoms with van der Waals surface area (Å²) in [6.45, 7) is 2.22. The highest BCUT2D eigenvalue weighted by Crippen LogP contribution is 2.41. The Labute approximate surface area is 140 Å². The van der Waals surface area contributed by atoms with Crippen LogP contribution >= 0.6 is 11.6 Å². The van der Waals surface area contributed by atoms with Crippen molar-refractivity contribution in [1.82, 2.24) is 4.98 Å². The molecule has 1 aliphatic heterocycles. The van der Waals surface area contributed by atoms with E-state index >= 15 is 0 Å². The molecule has 0 unspecified atom stereocenters. The summed E-state index contributed by atoms with van der Waals surface area (Å²) in [5, 5.41) is 1.75. The molecule has 0 radical (unpaired) electrons. The van der Waals surface area contributed by atoms with Crippen LogP contribution in [0.1, 0.15) is 12.8 Å². The van der Waals surface area contributed by atoms with Crippen LogP contribution in [-0.4, -0.2) is 25.2 Å². The fraction of sp³-hybridized carbons (Fsp3) is 0.263. The summed E-state index contributed by atoms with van der Waals surface area (Å²) < 4.78 is 5.46. The van der Waals surface area contributed by atoms with Gasteiger partial charge in [-0.1, -0.05) is 41.9 Å². The number of fused-ring (bicyclic) bond motifs is 1. The van der Waals surface area contributed by atoms with Crippen LogP contribution in [0.5, 0.6) is 5.75 Å². The fourth-order valence-corrected chi connectivity index (χ4v) is 3.74. The van der Waals surface area contributed by atoms with E-state index in [0.717, 1.165) is 46.0 Å². The molecule has 1 N–H and O–H groups in total. The van der Waals surface area contributed by atoms with Gasteiger partial charge in [0.05, 0.1) is 23.3 Å². The van der Waals surface area contributed by atoms with Gasteiger partial charge < -0.3 is 14.6 Å². The van der Waals surface area contributed by atoms with Crippen molar-refractivity contribution in [2.75, 3.05) is 25.1 Å². The Bertz CT molecular complexity index is 850. The van der Waals surface area contributed by atoms with Crippen LogP contribution in [0.25, 0.3) is 22.2 Å². The largest absolute Gasteiger partial charge is 0.495 e. The van der Waals surface area contributed by atoms with Crippen LogP contribution in [0.4, 0.5) is 5.69 Å². The Balaban J connectivity index is 1.91. The minimum atomic E-state index is 0.755. The highest BCUT2D eigenvalue weighted by atomic mass is 35.5. The third kappa shape index (κ3) is 2.36. The second-order valence-corrected chi connectivity index (χ2v) is 6.29. The van der Waals surface area contributed by atoms with Crippen molar-refractivity contribution >= 4 is 28.2 Å². The van der Waals surface area contributed by atoms with Crippen LogP contribution in [0.3, 0.4) is 0 Å². The lowest BCUT2D eigenvalue weighted by atomic mass is 10.1. The molecular formula is C19H19ClN2O. The number of hydrogen-bond acceptors (Lipinski definition) is 2. The third-order valence-electron chi connectivity index (χ3n) is 4.57. The Hall–Kier alpha value is -2.13. The van der Waals surface area contributed by atoms with Crippen molar-refractivity contribution in [2.24, 2.45) is 0 Å². The quantitative estimate of drug-likeness (QED) is 0.725. The van der Waals surface area contributed by atoms with E-state index in [4.69, 9.17) is 16.3 Å². The van der Waals surface area contributed by atoms with Crippen LogP contribution in [0, 0.1) is 0 Å². The number of aromatic nitrogens is 1. The zero-order valence-electron chi connectivity index (χ0n) is 13.1. The number of H-pyrrole nitrogens is 1. The molecule has 1 aliphatic rings. The van der Waals surface area contributed by atoms with E-state index < -0.39 is 0 Å². The average Bonchev–Trinajstić information content (AvgIpc) is 3.23. The minimum absolute atomic E-state index is 0.755. The van der Waals surface area contributed by atoms with Crippen LogP contribution in [0.15, 0.2) is 42.5 Å². The van der Waals surface area contributed by atoms with Gasteiger partial charge >= 0.3 is 0 Å². The monoisotopic (exact) mass is 326 g/mol. The Morgan fingerprint density at radius 1 is 1.04 bits per heavy atom. The highest BCUT2D eigenvalue weighted by Gasteiger charge is 2.20. The molecule has 2 aromatic carbocycles. The van der Waals surface area contributed by atoms with Gasteiger partial charge in [-0.15, -0.1) is 0 Å². The smallest absolute Gasteiger partial charge is 0.142 e. The number of nitrogens with zero attached hydrogens (tertiary/aromatic N) is 1. The van der Waals surface area contributed by atoms with Crippen LogP contribution < -0.4 is 9.64 Å². The van der Waals surface area contributed by atoms with Gasteiger partial charge in [-0.3, -0.25) is 0 Å². The molecule has 23 heavy (non-hydrogen) atoms. The Kier molecular flexibility index (Phi) is 3.66. The molecule has 1 fully saturated rings. The molecule has 118 valence electrons. The molecule has 0 atom stereocenters. The molecular weight excluding hydrogens is 308 g/mol. The molecule has 1 aromatic heterocycles. The lowest BCUT2D eigenvalue weighted by molar-refractivity contribution is 0.419. The summed E-state index contributed by atoms with van der Waals surface area (Å²) >= 11 is 6.69. The maximum Gasteiger partial charge on any atom is 0.142 e. The molecule has 4 heteroatoms. The van der Waals surface area contributed by atoms with Gasteiger partial charge in [0.25, 0.3) is 0 Å². The second-order valence-electron chi connectivity index (χ2n) is 5.91. The van der Waals surface area contributed by atoms with Gasteiger partial charge in [-0.25, -0.2) is 0 Å². The molecule has 0 saturated carbocycles. The first kappa shape index (κ1) is 14.5. The van der Waals surface area contributed by atoms with Crippen molar-refractivity contribution in [3.05, 3.63) is 47.5 Å². The van der Waals surface area contributed by atoms with Crippen LogP contribution in [0.2, 0.25) is 5.02 Å². The van der Waals surface area contributed by atoms with Gasteiger partial charge in [0.1, 0.15) is 5.75 Å². The molecule has 2 heterocycles. The number of halogens is 1. The van der Waals surface area contributed by atoms with Gasteiger partial charge in [-0.2, -0.15) is 0 Å². The highest BCUT2D eigenvalue weighted by molar-refractivity contribution is 6.38. The minimum Gasteiger partial charge on any atom is -0.495 e. The zero-order chi connectivity index (χ0) is 15.8. The van der Waals surface area contributed by atoms with Crippen molar-refractivity contribution in [1.29, 1.82) is 0 Å². The van der Waals surface area contributed by atoms with E-state index in [1.54, 1.807) is 7.11 Å². The van der Waals surface area contributed by atoms with Crippen molar-refractivity contribution in [3.63, 3.8) is 0 Å². The molecule has 0 aliphatic carbocycles. The van der Waals surface area contributed by atoms with E-state index in [9.17, 15) is 0 Å². The predicted molar refractivity (Wildman–Crippen MR) is 96.7 cm³/mol. The summed E-state index contributed by atoms with van der Waals surface area (Å²) in [5.74, 6) is 0.814. The van der Waals surface area contributed by atoms with Crippen molar-refractivity contribution in [2.45, 2.75) is 12.8 Å². The number of benzene rings is 2. The molecule has 0 spiro atoms. The molecule has 4 rings (SSSR count). The SMILES string of the molecule is COc1cccc2c(Cl)c(-c3ccccc3N3CCCC3)[nH]c12. The maximum atomic E-state index is 6.69. The lowest BCUT2D eigenvalue weighted by Gasteiger charge is -2.21. The van der Waals surface area contributed by atoms with Crippen molar-refractivity contribution < 1.29 is 4.74 Å². The van der Waals surface area contributed by atoms with Gasteiger partial charge in [0, 0.05) is 29.7 Å². The van der Waals surface area contributed by atoms with E-state index in [1.165, 1.54) is 18.5 Å². The topological polar surface area (TPSA) is 28.3 Å². The lowest BCUT2D eigenvalue weighted by Crippen LogP contribution is -2.18. The third-order valence-corrected chi connectivity index (χ3v) is 4.96. The number of rotatable bonds is 3. The zero-order valence-corrected chi connectivity index (χ0v) is 13.9. The summed E-state index contributed by atoms with van der Waals surface area (Å²) in [6.07, 6.45) is 2.51. The van der Waals surface area contributed by atoms with E-state index in [1.807, 2.05) is 18.2 Å². The van der Waals surface area contributed by atoms with Crippen molar-refractivity contribution in [3.8, 4) is 17.0 Å². The number of anilines is 1. The standard InChI is InChI=1S/C19H19ClN2O/c1-23-16-10-6-8-14-17(20)19(21-18(14)16)13-7-2-3-9-15(13)22-11-4-5-12-22/h2-3,6-10,21H,4-5,11-12H2,1H3. The molecule has 0 amide bonds. The predicted octanol–water partition coefficient (Wildman–Crippen LogP) is 5.10. The number of methoxy groups -OCH3 is 1. The van der Waals surface area contributed by atoms with Gasteiger partial charge in [0.15, 0.2) is 0 Å². The summed E-state index contributed by atoms with van der Waals surface area (Å²) in [6, 6.07) is 14.4. The Morgan fingerprint density at radius 2 is 1.83 bits per heavy atom. The molecule has 0 bridgehead atoms. The van der Waals surface area contributed by atoms with E-state index in [-0.39, 0.29) is 0 Å². The first-order valence-corrected chi connectivity index (χ1v) is 8.36. The summed E-state index contributed by atoms with van der Waals surface area (Å²) in [5.41, 5.74) is 4.31. The number of nitrogens with one attached hydrogen (secondary N) is 1. The summed E-state index contributed by atoms with van der Waals surface area (Å²) in [4.78, 5) is 5.92. The van der Waals surface area contributed by atoms with E-state index in [2.05, 4.69) is 34.1 Å². The average molecular weight is 327 g/mol. The van der Waals surface area contributed by atoms with Gasteiger partial charge in [-0.05, 0) is 25.0 Å². The molecule has 3 nitrogen and oxygen atoms in total. The second kappa shape index (κ2) is 5.82. The number of ether oxygens (including phenoxy) is 1. The first-order chi connectivity index (χ1) is 11.3. The Morgan fingerprint density at radius 3 is 2.61 bits per heavy atom. The molecule has 3 aromatic rings. The number of hydrogen-bond donors (Lipinski definition) is 1. The van der Waals surface area contributed by atoms with Gasteiger partial charge in [0.2, 0.25) is 0 Å². The van der Waals surface area contributed by atoms with E-state index in [0.29, 0.717) is 0 Å². The first-order valence-electron chi connectivity index (χ1n) is 7.98.